The van der Waals surface area contributed by atoms with Gasteiger partial charge in [-0.3, -0.25) is 15.1 Å². The van der Waals surface area contributed by atoms with E-state index in [0.29, 0.717) is 12.4 Å². The molecule has 0 amide bonds. The van der Waals surface area contributed by atoms with Gasteiger partial charge in [-0.15, -0.1) is 12.4 Å². The van der Waals surface area contributed by atoms with Gasteiger partial charge in [-0.25, -0.2) is 0 Å². The van der Waals surface area contributed by atoms with Crippen molar-refractivity contribution in [2.45, 2.75) is 13.0 Å². The second kappa shape index (κ2) is 6.80. The molecule has 2 rings (SSSR count). The second-order valence-corrected chi connectivity index (χ2v) is 3.86. The highest BCUT2D eigenvalue weighted by molar-refractivity contribution is 5.85. The fraction of sp³-hybridized carbons (Fsp3) is 0.364. The molecule has 98 valence electrons. The van der Waals surface area contributed by atoms with E-state index >= 15 is 0 Å². The number of rotatable bonds is 3. The van der Waals surface area contributed by atoms with E-state index in [9.17, 15) is 10.1 Å². The lowest BCUT2D eigenvalue weighted by molar-refractivity contribution is -0.405. The Kier molecular flexibility index (Phi) is 5.38. The first kappa shape index (κ1) is 14.2. The maximum atomic E-state index is 10.5. The summed E-state index contributed by atoms with van der Waals surface area (Å²) >= 11 is 0. The maximum Gasteiger partial charge on any atom is 0.274 e. The molecule has 1 N–H and O–H groups in total. The molecule has 0 aromatic carbocycles. The molecule has 1 aliphatic heterocycles. The second-order valence-electron chi connectivity index (χ2n) is 3.86. The number of halogens is 1. The molecule has 0 bridgehead atoms. The molecular weight excluding hydrogens is 256 g/mol. The molecule has 1 saturated heterocycles. The van der Waals surface area contributed by atoms with Crippen LogP contribution in [0.4, 0.5) is 0 Å². The molecule has 0 radical (unpaired) electrons. The van der Waals surface area contributed by atoms with Crippen molar-refractivity contribution in [2.75, 3.05) is 13.1 Å². The maximum absolute atomic E-state index is 10.5. The van der Waals surface area contributed by atoms with Crippen molar-refractivity contribution in [1.29, 1.82) is 0 Å². The monoisotopic (exact) mass is 270 g/mol. The van der Waals surface area contributed by atoms with Crippen molar-refractivity contribution in [2.24, 2.45) is 0 Å². The zero-order chi connectivity index (χ0) is 12.1. The predicted molar refractivity (Wildman–Crippen MR) is 69.6 cm³/mol. The molecule has 1 fully saturated rings. The van der Waals surface area contributed by atoms with Gasteiger partial charge in [0, 0.05) is 32.0 Å². The van der Waals surface area contributed by atoms with Crippen molar-refractivity contribution in [3.8, 4) is 0 Å². The molecule has 0 aliphatic carbocycles. The number of nitro groups is 1. The van der Waals surface area contributed by atoms with E-state index in [1.165, 1.54) is 0 Å². The topological polar surface area (TPSA) is 71.3 Å². The van der Waals surface area contributed by atoms with E-state index in [1.54, 1.807) is 12.4 Å². The summed E-state index contributed by atoms with van der Waals surface area (Å²) < 4.78 is 0. The number of aromatic nitrogens is 1. The third-order valence-electron chi connectivity index (χ3n) is 2.60. The van der Waals surface area contributed by atoms with Gasteiger partial charge in [0.25, 0.3) is 6.20 Å². The van der Waals surface area contributed by atoms with Crippen LogP contribution in [-0.4, -0.2) is 27.9 Å². The van der Waals surface area contributed by atoms with Crippen molar-refractivity contribution in [3.63, 3.8) is 0 Å². The van der Waals surface area contributed by atoms with Crippen LogP contribution in [0.25, 0.3) is 0 Å². The first-order valence-corrected chi connectivity index (χ1v) is 5.49. The molecule has 18 heavy (non-hydrogen) atoms. The Morgan fingerprint density at radius 1 is 1.50 bits per heavy atom. The Morgan fingerprint density at radius 2 is 2.22 bits per heavy atom. The minimum atomic E-state index is -0.423. The highest BCUT2D eigenvalue weighted by Gasteiger charge is 2.17. The van der Waals surface area contributed by atoms with Crippen LogP contribution >= 0.6 is 12.4 Å². The predicted octanol–water partition coefficient (Wildman–Crippen LogP) is 1.37. The molecule has 2 heterocycles. The summed E-state index contributed by atoms with van der Waals surface area (Å²) in [7, 11) is 0. The number of nitrogens with one attached hydrogen (secondary N) is 1. The number of hydrogen-bond acceptors (Lipinski definition) is 5. The van der Waals surface area contributed by atoms with Gasteiger partial charge in [0.15, 0.2) is 5.82 Å². The van der Waals surface area contributed by atoms with E-state index in [-0.39, 0.29) is 12.4 Å². The summed E-state index contributed by atoms with van der Waals surface area (Å²) in [5.41, 5.74) is 1.10. The van der Waals surface area contributed by atoms with Crippen molar-refractivity contribution in [3.05, 3.63) is 52.2 Å². The van der Waals surface area contributed by atoms with Crippen molar-refractivity contribution in [1.82, 2.24) is 15.2 Å². The molecule has 0 saturated carbocycles. The summed E-state index contributed by atoms with van der Waals surface area (Å²) in [5, 5.41) is 13.6. The van der Waals surface area contributed by atoms with Gasteiger partial charge in [-0.2, -0.15) is 0 Å². The van der Waals surface area contributed by atoms with E-state index in [1.807, 2.05) is 17.0 Å². The zero-order valence-electron chi connectivity index (χ0n) is 9.78. The van der Waals surface area contributed by atoms with Gasteiger partial charge >= 0.3 is 0 Å². The minimum absolute atomic E-state index is 0. The van der Waals surface area contributed by atoms with Crippen LogP contribution in [0, 0.1) is 10.1 Å². The largest absolute Gasteiger partial charge is 0.367 e. The molecule has 0 unspecified atom stereocenters. The Bertz CT molecular complexity index is 424. The van der Waals surface area contributed by atoms with E-state index in [2.05, 4.69) is 10.3 Å². The highest BCUT2D eigenvalue weighted by Crippen LogP contribution is 2.12. The fourth-order valence-corrected chi connectivity index (χ4v) is 1.82. The molecule has 1 aliphatic rings. The van der Waals surface area contributed by atoms with E-state index in [0.717, 1.165) is 31.3 Å². The molecular formula is C11H15ClN4O2. The van der Waals surface area contributed by atoms with Crippen LogP contribution in [0.1, 0.15) is 12.0 Å². The molecule has 6 nitrogen and oxygen atoms in total. The minimum Gasteiger partial charge on any atom is -0.367 e. The number of nitrogens with zero attached hydrogens (tertiary/aromatic N) is 3. The lowest BCUT2D eigenvalue weighted by Crippen LogP contribution is -2.39. The molecule has 1 aromatic rings. The Balaban J connectivity index is 0.00000162. The quantitative estimate of drug-likeness (QED) is 0.664. The fourth-order valence-electron chi connectivity index (χ4n) is 1.82. The SMILES string of the molecule is Cl.O=[N+]([O-])C=C1NCCCN1Cc1ccncc1. The van der Waals surface area contributed by atoms with E-state index in [4.69, 9.17) is 0 Å². The molecule has 7 heteroatoms. The summed E-state index contributed by atoms with van der Waals surface area (Å²) in [5.74, 6) is 0.582. The van der Waals surface area contributed by atoms with Crippen LogP contribution in [-0.2, 0) is 6.54 Å². The van der Waals surface area contributed by atoms with Gasteiger partial charge < -0.3 is 10.2 Å². The summed E-state index contributed by atoms with van der Waals surface area (Å²) in [6.45, 7) is 2.27. The van der Waals surface area contributed by atoms with Crippen LogP contribution in [0.2, 0.25) is 0 Å². The highest BCUT2D eigenvalue weighted by atomic mass is 35.5. The average Bonchev–Trinajstić information content (AvgIpc) is 2.32. The Hall–Kier alpha value is -1.82. The lowest BCUT2D eigenvalue weighted by atomic mass is 10.2. The van der Waals surface area contributed by atoms with Gasteiger partial charge in [0.05, 0.1) is 4.92 Å². The molecule has 0 spiro atoms. The van der Waals surface area contributed by atoms with Crippen LogP contribution in [0.3, 0.4) is 0 Å². The normalized spacial score (nSPS) is 16.9. The molecule has 1 aromatic heterocycles. The standard InChI is InChI=1S/C11H14N4O2.ClH/c16-15(17)9-11-13-4-1-7-14(11)8-10-2-5-12-6-3-10;/h2-3,5-6,9,13H,1,4,7-8H2;1H. The van der Waals surface area contributed by atoms with Gasteiger partial charge in [-0.05, 0) is 24.1 Å². The van der Waals surface area contributed by atoms with Crippen LogP contribution in [0.15, 0.2) is 36.5 Å². The Labute approximate surface area is 111 Å². The smallest absolute Gasteiger partial charge is 0.274 e. The molecule has 0 atom stereocenters. The van der Waals surface area contributed by atoms with Crippen LogP contribution in [0.5, 0.6) is 0 Å². The summed E-state index contributed by atoms with van der Waals surface area (Å²) in [6, 6.07) is 3.83. The van der Waals surface area contributed by atoms with Gasteiger partial charge in [-0.1, -0.05) is 0 Å². The zero-order valence-corrected chi connectivity index (χ0v) is 10.6. The van der Waals surface area contributed by atoms with Gasteiger partial charge in [0.2, 0.25) is 0 Å². The third-order valence-corrected chi connectivity index (χ3v) is 2.60. The van der Waals surface area contributed by atoms with Crippen molar-refractivity contribution < 1.29 is 4.92 Å². The van der Waals surface area contributed by atoms with E-state index < -0.39 is 4.92 Å². The van der Waals surface area contributed by atoms with Gasteiger partial charge in [0.1, 0.15) is 0 Å². The first-order valence-electron chi connectivity index (χ1n) is 5.49. The lowest BCUT2D eigenvalue weighted by Gasteiger charge is -2.30. The Morgan fingerprint density at radius 3 is 2.89 bits per heavy atom. The summed E-state index contributed by atoms with van der Waals surface area (Å²) in [4.78, 5) is 16.0. The first-order chi connectivity index (χ1) is 8.25. The number of hydrogen-bond donors (Lipinski definition) is 1. The summed E-state index contributed by atoms with van der Waals surface area (Å²) in [6.07, 6.45) is 5.47. The van der Waals surface area contributed by atoms with Crippen LogP contribution < -0.4 is 5.32 Å². The number of pyridine rings is 1. The van der Waals surface area contributed by atoms with Crippen molar-refractivity contribution >= 4 is 12.4 Å². The third kappa shape index (κ3) is 3.89. The average molecular weight is 271 g/mol.